The lowest BCUT2D eigenvalue weighted by Crippen LogP contribution is -2.44. The Kier molecular flexibility index (Phi) is 6.89. The maximum Gasteiger partial charge on any atom is 0.254 e. The topological polar surface area (TPSA) is 97.3 Å². The molecule has 1 aromatic carbocycles. The summed E-state index contributed by atoms with van der Waals surface area (Å²) in [6.45, 7) is 6.01. The lowest BCUT2D eigenvalue weighted by molar-refractivity contribution is 0.0303. The zero-order chi connectivity index (χ0) is 24.0. The molecular weight excluding hydrogens is 440 g/mol. The number of aromatic amines is 1. The molecule has 2 fully saturated rings. The van der Waals surface area contributed by atoms with Gasteiger partial charge in [-0.3, -0.25) is 9.78 Å². The first kappa shape index (κ1) is 22.8. The monoisotopic (exact) mass is 468 g/mol. The van der Waals surface area contributed by atoms with Crippen molar-refractivity contribution in [2.45, 2.75) is 0 Å². The van der Waals surface area contributed by atoms with E-state index in [9.17, 15) is 10.1 Å². The largest absolute Gasteiger partial charge is 0.378 e. The maximum atomic E-state index is 12.6. The number of hydrogen-bond acceptors (Lipinski definition) is 6. The van der Waals surface area contributed by atoms with E-state index in [0.29, 0.717) is 37.4 Å². The van der Waals surface area contributed by atoms with Crippen LogP contribution >= 0.6 is 0 Å². The molecule has 35 heavy (non-hydrogen) atoms. The van der Waals surface area contributed by atoms with Gasteiger partial charge in [0.2, 0.25) is 0 Å². The number of piperazine rings is 1. The summed E-state index contributed by atoms with van der Waals surface area (Å²) < 4.78 is 5.33. The van der Waals surface area contributed by atoms with Crippen molar-refractivity contribution in [1.82, 2.24) is 20.2 Å². The molecule has 3 aromatic rings. The van der Waals surface area contributed by atoms with Crippen LogP contribution in [-0.2, 0) is 4.74 Å². The van der Waals surface area contributed by atoms with Gasteiger partial charge in [0.05, 0.1) is 24.5 Å². The van der Waals surface area contributed by atoms with Gasteiger partial charge in [-0.15, -0.1) is 0 Å². The molecule has 0 unspecified atom stereocenters. The Labute approximate surface area is 204 Å². The fourth-order valence-electron chi connectivity index (χ4n) is 4.40. The van der Waals surface area contributed by atoms with Crippen LogP contribution in [0.1, 0.15) is 27.2 Å². The summed E-state index contributed by atoms with van der Waals surface area (Å²) in [5.41, 5.74) is 5.02. The molecule has 0 atom stereocenters. The summed E-state index contributed by atoms with van der Waals surface area (Å²) in [5, 5.41) is 13.0. The number of carbonyl (C=O) groups is 1. The van der Waals surface area contributed by atoms with E-state index in [1.54, 1.807) is 6.20 Å². The van der Waals surface area contributed by atoms with Gasteiger partial charge in [-0.2, -0.15) is 5.26 Å². The average Bonchev–Trinajstić information content (AvgIpc) is 3.38. The third-order valence-corrected chi connectivity index (χ3v) is 6.35. The predicted octanol–water partition coefficient (Wildman–Crippen LogP) is 3.00. The first-order valence-electron chi connectivity index (χ1n) is 11.9. The lowest BCUT2D eigenvalue weighted by atomic mass is 10.1. The number of aromatic nitrogens is 2. The van der Waals surface area contributed by atoms with Crippen LogP contribution in [0.25, 0.3) is 23.4 Å². The van der Waals surface area contributed by atoms with Crippen molar-refractivity contribution >= 4 is 23.9 Å². The Balaban J connectivity index is 1.30. The van der Waals surface area contributed by atoms with Crippen LogP contribution in [0.4, 0.5) is 5.82 Å². The molecule has 8 heteroatoms. The number of nitrogens with one attached hydrogen (secondary N) is 2. The highest BCUT2D eigenvalue weighted by atomic mass is 16.5. The molecule has 2 aliphatic rings. The zero-order valence-corrected chi connectivity index (χ0v) is 19.5. The van der Waals surface area contributed by atoms with Crippen LogP contribution in [0.15, 0.2) is 48.7 Å². The number of H-pyrrole nitrogens is 1. The van der Waals surface area contributed by atoms with Crippen molar-refractivity contribution < 1.29 is 9.53 Å². The van der Waals surface area contributed by atoms with Crippen LogP contribution in [-0.4, -0.2) is 73.3 Å². The first-order valence-corrected chi connectivity index (χ1v) is 11.9. The number of nitrogens with zero attached hydrogens (tertiary/aromatic N) is 4. The maximum absolute atomic E-state index is 12.6. The summed E-state index contributed by atoms with van der Waals surface area (Å²) in [6, 6.07) is 15.8. The van der Waals surface area contributed by atoms with Gasteiger partial charge in [0.25, 0.3) is 5.91 Å². The quantitative estimate of drug-likeness (QED) is 0.598. The van der Waals surface area contributed by atoms with Crippen molar-refractivity contribution in [2.75, 3.05) is 57.4 Å². The highest BCUT2D eigenvalue weighted by Crippen LogP contribution is 2.28. The van der Waals surface area contributed by atoms with Gasteiger partial charge in [0.15, 0.2) is 0 Å². The minimum absolute atomic E-state index is 0.0427. The molecule has 0 saturated carbocycles. The molecule has 1 amide bonds. The first-order chi connectivity index (χ1) is 17.2. The van der Waals surface area contributed by atoms with Crippen molar-refractivity contribution in [3.05, 3.63) is 71.0 Å². The number of pyridine rings is 1. The van der Waals surface area contributed by atoms with Crippen LogP contribution in [0, 0.1) is 11.3 Å². The minimum Gasteiger partial charge on any atom is -0.378 e. The van der Waals surface area contributed by atoms with Gasteiger partial charge in [0.1, 0.15) is 11.9 Å². The lowest BCUT2D eigenvalue weighted by Gasteiger charge is -2.28. The Bertz CT molecular complexity index is 1250. The molecule has 8 nitrogen and oxygen atoms in total. The molecule has 2 saturated heterocycles. The normalized spacial score (nSPS) is 16.4. The Morgan fingerprint density at radius 1 is 1.03 bits per heavy atom. The molecular formula is C27H28N6O2. The highest BCUT2D eigenvalue weighted by molar-refractivity contribution is 5.94. The second kappa shape index (κ2) is 10.6. The third kappa shape index (κ3) is 5.27. The van der Waals surface area contributed by atoms with Crippen LogP contribution in [0.2, 0.25) is 0 Å². The zero-order valence-electron chi connectivity index (χ0n) is 19.5. The molecule has 2 N–H and O–H groups in total. The smallest absolute Gasteiger partial charge is 0.254 e. The van der Waals surface area contributed by atoms with Crippen LogP contribution in [0.3, 0.4) is 0 Å². The van der Waals surface area contributed by atoms with E-state index in [4.69, 9.17) is 4.74 Å². The molecule has 0 aliphatic carbocycles. The second-order valence-corrected chi connectivity index (χ2v) is 8.62. The fraction of sp³-hybridized carbons (Fsp3) is 0.296. The minimum atomic E-state index is 0.0427. The van der Waals surface area contributed by atoms with Crippen LogP contribution < -0.4 is 10.2 Å². The molecule has 2 aromatic heterocycles. The fourth-order valence-corrected chi connectivity index (χ4v) is 4.40. The predicted molar refractivity (Wildman–Crippen MR) is 136 cm³/mol. The standard InChI is InChI=1S/C27H28N6O2/c28-19-23-18-25(31-26(23)32-11-9-29-10-12-32)22-7-8-30-24(17-22)6-3-20-1-4-21(5-2-20)27(34)33-13-15-35-16-14-33/h1-8,17-18,29,31H,9-16H2. The van der Waals surface area contributed by atoms with Gasteiger partial charge < -0.3 is 24.8 Å². The molecule has 0 radical (unpaired) electrons. The van der Waals surface area contributed by atoms with Crippen LogP contribution in [0.5, 0.6) is 0 Å². The number of rotatable bonds is 5. The number of amides is 1. The van der Waals surface area contributed by atoms with Crippen molar-refractivity contribution in [3.8, 4) is 17.3 Å². The third-order valence-electron chi connectivity index (χ3n) is 6.35. The van der Waals surface area contributed by atoms with E-state index < -0.39 is 0 Å². The Morgan fingerprint density at radius 2 is 1.80 bits per heavy atom. The van der Waals surface area contributed by atoms with Gasteiger partial charge >= 0.3 is 0 Å². The van der Waals surface area contributed by atoms with Crippen molar-refractivity contribution in [2.24, 2.45) is 0 Å². The van der Waals surface area contributed by atoms with Gasteiger partial charge in [-0.25, -0.2) is 0 Å². The van der Waals surface area contributed by atoms with Gasteiger partial charge in [0, 0.05) is 62.3 Å². The van der Waals surface area contributed by atoms with Gasteiger partial charge in [-0.1, -0.05) is 18.2 Å². The Morgan fingerprint density at radius 3 is 2.54 bits per heavy atom. The highest BCUT2D eigenvalue weighted by Gasteiger charge is 2.19. The van der Waals surface area contributed by atoms with Crippen molar-refractivity contribution in [3.63, 3.8) is 0 Å². The number of benzene rings is 1. The van der Waals surface area contributed by atoms with Crippen molar-refractivity contribution in [1.29, 1.82) is 5.26 Å². The van der Waals surface area contributed by atoms with E-state index in [1.807, 2.05) is 59.5 Å². The molecule has 2 aliphatic heterocycles. The van der Waals surface area contributed by atoms with E-state index in [0.717, 1.165) is 54.5 Å². The second-order valence-electron chi connectivity index (χ2n) is 8.62. The number of morpholine rings is 1. The summed E-state index contributed by atoms with van der Waals surface area (Å²) in [7, 11) is 0. The number of hydrogen-bond donors (Lipinski definition) is 2. The number of nitriles is 1. The van der Waals surface area contributed by atoms with E-state index in [-0.39, 0.29) is 5.91 Å². The van der Waals surface area contributed by atoms with E-state index in [1.165, 1.54) is 0 Å². The number of ether oxygens (including phenoxy) is 1. The van der Waals surface area contributed by atoms with E-state index in [2.05, 4.69) is 26.3 Å². The van der Waals surface area contributed by atoms with E-state index >= 15 is 0 Å². The number of anilines is 1. The average molecular weight is 469 g/mol. The SMILES string of the molecule is N#Cc1cc(-c2ccnc(C=Cc3ccc(C(=O)N4CCOCC4)cc3)c2)[nH]c1N1CCNCC1. The summed E-state index contributed by atoms with van der Waals surface area (Å²) >= 11 is 0. The summed E-state index contributed by atoms with van der Waals surface area (Å²) in [4.78, 5) is 24.6. The number of carbonyl (C=O) groups excluding carboxylic acids is 1. The molecule has 4 heterocycles. The summed E-state index contributed by atoms with van der Waals surface area (Å²) in [6.07, 6.45) is 5.71. The molecule has 178 valence electrons. The van der Waals surface area contributed by atoms with Gasteiger partial charge in [-0.05, 0) is 42.0 Å². The summed E-state index contributed by atoms with van der Waals surface area (Å²) in [5.74, 6) is 0.922. The molecule has 5 rings (SSSR count). The molecule has 0 bridgehead atoms. The molecule has 0 spiro atoms. The Hall–Kier alpha value is -3.93.